The highest BCUT2D eigenvalue weighted by Gasteiger charge is 2.25. The van der Waals surface area contributed by atoms with E-state index >= 15 is 0 Å². The molecule has 0 bridgehead atoms. The number of rotatable bonds is 13. The van der Waals surface area contributed by atoms with Gasteiger partial charge in [0.15, 0.2) is 0 Å². The molecule has 186 valence electrons. The van der Waals surface area contributed by atoms with Crippen molar-refractivity contribution in [2.45, 2.75) is 51.7 Å². The van der Waals surface area contributed by atoms with Crippen molar-refractivity contribution < 1.29 is 28.6 Å². The van der Waals surface area contributed by atoms with Crippen molar-refractivity contribution in [2.24, 2.45) is 0 Å². The van der Waals surface area contributed by atoms with Gasteiger partial charge in [-0.2, -0.15) is 0 Å². The summed E-state index contributed by atoms with van der Waals surface area (Å²) in [6.07, 6.45) is 3.75. The van der Waals surface area contributed by atoms with Crippen molar-refractivity contribution >= 4 is 28.9 Å². The number of hydrogen-bond donors (Lipinski definition) is 2. The van der Waals surface area contributed by atoms with Crippen LogP contribution in [0.2, 0.25) is 0 Å². The molecule has 1 unspecified atom stereocenters. The number of aromatic nitrogens is 1. The molecule has 1 aromatic heterocycles. The smallest absolute Gasteiger partial charge is 0.407 e. The molecule has 0 saturated heterocycles. The highest BCUT2D eigenvalue weighted by atomic mass is 16.6. The van der Waals surface area contributed by atoms with Crippen molar-refractivity contribution in [1.82, 2.24) is 10.3 Å². The summed E-state index contributed by atoms with van der Waals surface area (Å²) in [4.78, 5) is 39.9. The van der Waals surface area contributed by atoms with Gasteiger partial charge in [-0.05, 0) is 43.4 Å². The van der Waals surface area contributed by atoms with E-state index in [1.807, 2.05) is 60.8 Å². The Balaban J connectivity index is 1.53. The zero-order chi connectivity index (χ0) is 24.9. The number of carbonyl (C=O) groups is 3. The molecule has 35 heavy (non-hydrogen) atoms. The van der Waals surface area contributed by atoms with E-state index in [-0.39, 0.29) is 25.6 Å². The quantitative estimate of drug-likeness (QED) is 0.209. The maximum absolute atomic E-state index is 12.9. The minimum absolute atomic E-state index is 0.112. The molecule has 3 aromatic rings. The van der Waals surface area contributed by atoms with E-state index in [1.165, 1.54) is 0 Å². The van der Waals surface area contributed by atoms with E-state index in [2.05, 4.69) is 10.3 Å². The number of ether oxygens (including phenoxy) is 3. The van der Waals surface area contributed by atoms with Crippen molar-refractivity contribution in [2.75, 3.05) is 13.2 Å². The minimum atomic E-state index is -0.908. The molecule has 1 amide bonds. The van der Waals surface area contributed by atoms with E-state index < -0.39 is 18.1 Å². The molecule has 8 nitrogen and oxygen atoms in total. The number of alkyl carbamates (subject to hydrolysis) is 1. The lowest BCUT2D eigenvalue weighted by molar-refractivity contribution is -0.147. The predicted octanol–water partition coefficient (Wildman–Crippen LogP) is 4.67. The largest absolute Gasteiger partial charge is 0.466 e. The van der Waals surface area contributed by atoms with Crippen LogP contribution in [-0.4, -0.2) is 42.3 Å². The Morgan fingerprint density at radius 1 is 0.914 bits per heavy atom. The fourth-order valence-electron chi connectivity index (χ4n) is 3.67. The fourth-order valence-corrected chi connectivity index (χ4v) is 3.67. The van der Waals surface area contributed by atoms with E-state index in [1.54, 1.807) is 6.92 Å². The third kappa shape index (κ3) is 8.48. The third-order valence-electron chi connectivity index (χ3n) is 5.46. The molecule has 1 atom stereocenters. The van der Waals surface area contributed by atoms with Crippen LogP contribution in [0.4, 0.5) is 4.79 Å². The lowest BCUT2D eigenvalue weighted by atomic mass is 10.1. The molecule has 2 aromatic carbocycles. The zero-order valence-electron chi connectivity index (χ0n) is 20.0. The van der Waals surface area contributed by atoms with Gasteiger partial charge in [0.2, 0.25) is 0 Å². The highest BCUT2D eigenvalue weighted by Crippen LogP contribution is 2.19. The van der Waals surface area contributed by atoms with Crippen LogP contribution >= 0.6 is 0 Å². The number of unbranched alkanes of at least 4 members (excludes halogenated alkanes) is 2. The standard InChI is InChI=1S/C27H32N2O6/c1-2-33-25(30)15-7-4-10-16-34-27(32)29-24(26(31)35-19-20-11-5-3-6-12-20)17-21-18-28-23-14-9-8-13-22(21)23/h3,5-6,8-9,11-14,18,24,28H,2,4,7,10,15-17,19H2,1H3,(H,29,32). The number of benzene rings is 2. The molecule has 0 aliphatic rings. The second kappa shape index (κ2) is 13.8. The van der Waals surface area contributed by atoms with Gasteiger partial charge in [0, 0.05) is 29.9 Å². The van der Waals surface area contributed by atoms with Gasteiger partial charge < -0.3 is 24.5 Å². The van der Waals surface area contributed by atoms with Crippen LogP contribution in [0.1, 0.15) is 43.7 Å². The number of hydrogen-bond acceptors (Lipinski definition) is 6. The van der Waals surface area contributed by atoms with Crippen molar-refractivity contribution in [3.8, 4) is 0 Å². The zero-order valence-corrected chi connectivity index (χ0v) is 20.0. The minimum Gasteiger partial charge on any atom is -0.466 e. The van der Waals surface area contributed by atoms with E-state index in [0.717, 1.165) is 28.5 Å². The molecule has 1 heterocycles. The Morgan fingerprint density at radius 3 is 2.49 bits per heavy atom. The van der Waals surface area contributed by atoms with Crippen molar-refractivity contribution in [1.29, 1.82) is 0 Å². The topological polar surface area (TPSA) is 107 Å². The molecule has 0 saturated carbocycles. The van der Waals surface area contributed by atoms with Gasteiger partial charge in [-0.25, -0.2) is 9.59 Å². The summed E-state index contributed by atoms with van der Waals surface area (Å²) in [6, 6.07) is 16.2. The Bertz CT molecular complexity index is 1100. The van der Waals surface area contributed by atoms with Crippen LogP contribution in [0.15, 0.2) is 60.8 Å². The van der Waals surface area contributed by atoms with Gasteiger partial charge >= 0.3 is 18.0 Å². The van der Waals surface area contributed by atoms with Crippen LogP contribution in [-0.2, 0) is 36.8 Å². The summed E-state index contributed by atoms with van der Waals surface area (Å²) in [6.45, 7) is 2.44. The fraction of sp³-hybridized carbons (Fsp3) is 0.370. The molecule has 3 rings (SSSR count). The SMILES string of the molecule is CCOC(=O)CCCCCOC(=O)NC(Cc1c[nH]c2ccccc12)C(=O)OCc1ccccc1. The van der Waals surface area contributed by atoms with Crippen molar-refractivity contribution in [3.63, 3.8) is 0 Å². The molecule has 0 spiro atoms. The Labute approximate surface area is 204 Å². The number of fused-ring (bicyclic) bond motifs is 1. The molecule has 0 radical (unpaired) electrons. The predicted molar refractivity (Wildman–Crippen MR) is 132 cm³/mol. The van der Waals surface area contributed by atoms with Gasteiger partial charge in [-0.3, -0.25) is 4.79 Å². The molecular formula is C27H32N2O6. The van der Waals surface area contributed by atoms with E-state index in [0.29, 0.717) is 25.9 Å². The summed E-state index contributed by atoms with van der Waals surface area (Å²) >= 11 is 0. The number of H-pyrrole nitrogens is 1. The van der Waals surface area contributed by atoms with Gasteiger partial charge in [0.05, 0.1) is 13.2 Å². The van der Waals surface area contributed by atoms with Gasteiger partial charge in [0.1, 0.15) is 12.6 Å². The van der Waals surface area contributed by atoms with Crippen LogP contribution in [0.3, 0.4) is 0 Å². The first kappa shape index (κ1) is 25.8. The average molecular weight is 481 g/mol. The lowest BCUT2D eigenvalue weighted by Gasteiger charge is -2.17. The average Bonchev–Trinajstić information content (AvgIpc) is 3.28. The number of aromatic amines is 1. The van der Waals surface area contributed by atoms with Gasteiger partial charge in [-0.1, -0.05) is 48.5 Å². The first-order valence-corrected chi connectivity index (χ1v) is 11.9. The number of nitrogens with one attached hydrogen (secondary N) is 2. The molecule has 8 heteroatoms. The van der Waals surface area contributed by atoms with Crippen molar-refractivity contribution in [3.05, 3.63) is 71.9 Å². The van der Waals surface area contributed by atoms with Crippen LogP contribution < -0.4 is 5.32 Å². The summed E-state index contributed by atoms with van der Waals surface area (Å²) in [5, 5.41) is 3.64. The Morgan fingerprint density at radius 2 is 1.69 bits per heavy atom. The van der Waals surface area contributed by atoms with Crippen LogP contribution in [0.5, 0.6) is 0 Å². The number of para-hydroxylation sites is 1. The molecule has 0 fully saturated rings. The van der Waals surface area contributed by atoms with E-state index in [4.69, 9.17) is 14.2 Å². The van der Waals surface area contributed by atoms with Gasteiger partial charge in [-0.15, -0.1) is 0 Å². The lowest BCUT2D eigenvalue weighted by Crippen LogP contribution is -2.43. The highest BCUT2D eigenvalue weighted by molar-refractivity contribution is 5.86. The molecular weight excluding hydrogens is 448 g/mol. The Hall–Kier alpha value is -3.81. The summed E-state index contributed by atoms with van der Waals surface area (Å²) in [5.41, 5.74) is 2.70. The van der Waals surface area contributed by atoms with Gasteiger partial charge in [0.25, 0.3) is 0 Å². The number of carbonyl (C=O) groups excluding carboxylic acids is 3. The summed E-state index contributed by atoms with van der Waals surface area (Å²) in [5.74, 6) is -0.759. The molecule has 2 N–H and O–H groups in total. The normalized spacial score (nSPS) is 11.6. The first-order valence-electron chi connectivity index (χ1n) is 11.9. The monoisotopic (exact) mass is 480 g/mol. The van der Waals surface area contributed by atoms with Crippen LogP contribution in [0, 0.1) is 0 Å². The summed E-state index contributed by atoms with van der Waals surface area (Å²) in [7, 11) is 0. The van der Waals surface area contributed by atoms with Crippen LogP contribution in [0.25, 0.3) is 10.9 Å². The van der Waals surface area contributed by atoms with E-state index in [9.17, 15) is 14.4 Å². The molecule has 0 aliphatic heterocycles. The molecule has 0 aliphatic carbocycles. The second-order valence-electron chi connectivity index (χ2n) is 8.11. The third-order valence-corrected chi connectivity index (χ3v) is 5.46. The number of esters is 2. The second-order valence-corrected chi connectivity index (χ2v) is 8.11. The number of amides is 1. The maximum Gasteiger partial charge on any atom is 0.407 e. The summed E-state index contributed by atoms with van der Waals surface area (Å²) < 4.78 is 15.6. The first-order chi connectivity index (χ1) is 17.1. The maximum atomic E-state index is 12.9. The Kier molecular flexibility index (Phi) is 10.2.